The van der Waals surface area contributed by atoms with Crippen molar-refractivity contribution in [1.82, 2.24) is 0 Å². The second-order valence-electron chi connectivity index (χ2n) is 4.40. The quantitative estimate of drug-likeness (QED) is 0.867. The van der Waals surface area contributed by atoms with E-state index in [0.717, 1.165) is 27.1 Å². The second kappa shape index (κ2) is 4.46. The fourth-order valence-corrected chi connectivity index (χ4v) is 3.04. The van der Waals surface area contributed by atoms with E-state index in [2.05, 4.69) is 0 Å². The minimum atomic E-state index is -0.965. The standard InChI is InChI=1S/C14H15NO2S/c1-7-4-5-8(2)10(6-7)11-9(3)18-13(15)12(11)14(16)17/h4-6H,15H2,1-3H3,(H,16,17). The van der Waals surface area contributed by atoms with E-state index in [4.69, 9.17) is 5.73 Å². The van der Waals surface area contributed by atoms with Gasteiger partial charge in [0, 0.05) is 10.4 Å². The summed E-state index contributed by atoms with van der Waals surface area (Å²) in [6.45, 7) is 5.88. The molecular formula is C14H15NO2S. The number of hydrogen-bond donors (Lipinski definition) is 2. The molecule has 18 heavy (non-hydrogen) atoms. The molecule has 1 aromatic carbocycles. The largest absolute Gasteiger partial charge is 0.478 e. The number of carboxylic acids is 1. The zero-order valence-electron chi connectivity index (χ0n) is 10.6. The van der Waals surface area contributed by atoms with Crippen LogP contribution < -0.4 is 5.73 Å². The van der Waals surface area contributed by atoms with Crippen LogP contribution in [0.1, 0.15) is 26.4 Å². The van der Waals surface area contributed by atoms with Gasteiger partial charge >= 0.3 is 5.97 Å². The summed E-state index contributed by atoms with van der Waals surface area (Å²) in [5, 5.41) is 9.68. The highest BCUT2D eigenvalue weighted by Gasteiger charge is 2.22. The minimum absolute atomic E-state index is 0.228. The van der Waals surface area contributed by atoms with Crippen LogP contribution in [-0.4, -0.2) is 11.1 Å². The third kappa shape index (κ3) is 1.99. The number of carboxylic acid groups (broad SMARTS) is 1. The summed E-state index contributed by atoms with van der Waals surface area (Å²) in [5.41, 5.74) is 9.91. The highest BCUT2D eigenvalue weighted by atomic mass is 32.1. The van der Waals surface area contributed by atoms with Gasteiger partial charge in [-0.25, -0.2) is 4.79 Å². The highest BCUT2D eigenvalue weighted by molar-refractivity contribution is 7.16. The van der Waals surface area contributed by atoms with Gasteiger partial charge in [0.1, 0.15) is 10.6 Å². The van der Waals surface area contributed by atoms with Crippen molar-refractivity contribution in [2.45, 2.75) is 20.8 Å². The van der Waals surface area contributed by atoms with Crippen molar-refractivity contribution in [3.05, 3.63) is 39.8 Å². The molecule has 0 saturated heterocycles. The van der Waals surface area contributed by atoms with Gasteiger partial charge in [-0.3, -0.25) is 0 Å². The average Bonchev–Trinajstić information content (AvgIpc) is 2.57. The molecule has 0 unspecified atom stereocenters. The van der Waals surface area contributed by atoms with Gasteiger partial charge in [0.2, 0.25) is 0 Å². The van der Waals surface area contributed by atoms with Gasteiger partial charge in [-0.05, 0) is 31.9 Å². The van der Waals surface area contributed by atoms with E-state index in [1.165, 1.54) is 11.3 Å². The molecule has 0 aliphatic heterocycles. The molecule has 0 saturated carbocycles. The van der Waals surface area contributed by atoms with Crippen molar-refractivity contribution in [3.8, 4) is 11.1 Å². The molecule has 1 heterocycles. The summed E-state index contributed by atoms with van der Waals surface area (Å²) in [6.07, 6.45) is 0. The van der Waals surface area contributed by atoms with E-state index < -0.39 is 5.97 Å². The van der Waals surface area contributed by atoms with Gasteiger partial charge in [-0.15, -0.1) is 11.3 Å². The number of rotatable bonds is 2. The molecule has 0 aliphatic rings. The van der Waals surface area contributed by atoms with E-state index in [0.29, 0.717) is 5.00 Å². The Morgan fingerprint density at radius 2 is 1.94 bits per heavy atom. The highest BCUT2D eigenvalue weighted by Crippen LogP contribution is 2.39. The molecule has 3 N–H and O–H groups in total. The summed E-state index contributed by atoms with van der Waals surface area (Å²) in [4.78, 5) is 12.3. The monoisotopic (exact) mass is 261 g/mol. The fraction of sp³-hybridized carbons (Fsp3) is 0.214. The summed E-state index contributed by atoms with van der Waals surface area (Å²) >= 11 is 1.33. The maximum absolute atomic E-state index is 11.4. The summed E-state index contributed by atoms with van der Waals surface area (Å²) in [7, 11) is 0. The van der Waals surface area contributed by atoms with Crippen LogP contribution in [-0.2, 0) is 0 Å². The number of hydrogen-bond acceptors (Lipinski definition) is 3. The third-order valence-electron chi connectivity index (χ3n) is 2.99. The van der Waals surface area contributed by atoms with E-state index >= 15 is 0 Å². The van der Waals surface area contributed by atoms with Crippen molar-refractivity contribution in [2.75, 3.05) is 5.73 Å². The predicted molar refractivity (Wildman–Crippen MR) is 75.3 cm³/mol. The molecule has 0 amide bonds. The van der Waals surface area contributed by atoms with Crippen molar-refractivity contribution in [3.63, 3.8) is 0 Å². The van der Waals surface area contributed by atoms with Crippen LogP contribution in [0.3, 0.4) is 0 Å². The van der Waals surface area contributed by atoms with Gasteiger partial charge < -0.3 is 10.8 Å². The first-order valence-corrected chi connectivity index (χ1v) is 6.43. The number of nitrogen functional groups attached to an aromatic ring is 1. The lowest BCUT2D eigenvalue weighted by Gasteiger charge is -2.08. The average molecular weight is 261 g/mol. The summed E-state index contributed by atoms with van der Waals surface area (Å²) < 4.78 is 0. The Morgan fingerprint density at radius 1 is 1.28 bits per heavy atom. The molecule has 94 valence electrons. The molecule has 2 aromatic rings. The van der Waals surface area contributed by atoms with Crippen LogP contribution >= 0.6 is 11.3 Å². The lowest BCUT2D eigenvalue weighted by Crippen LogP contribution is -2.01. The zero-order valence-corrected chi connectivity index (χ0v) is 11.4. The molecule has 0 bridgehead atoms. The Labute approximate surface area is 110 Å². The zero-order chi connectivity index (χ0) is 13.4. The molecule has 0 spiro atoms. The molecule has 4 heteroatoms. The first-order valence-electron chi connectivity index (χ1n) is 5.61. The molecule has 0 atom stereocenters. The maximum atomic E-state index is 11.4. The predicted octanol–water partition coefficient (Wildman–Crippen LogP) is 3.62. The van der Waals surface area contributed by atoms with Gasteiger partial charge in [-0.2, -0.15) is 0 Å². The minimum Gasteiger partial charge on any atom is -0.478 e. The molecule has 0 radical (unpaired) electrons. The summed E-state index contributed by atoms with van der Waals surface area (Å²) in [5.74, 6) is -0.965. The Morgan fingerprint density at radius 3 is 2.56 bits per heavy atom. The first kappa shape index (κ1) is 12.6. The first-order chi connectivity index (χ1) is 8.41. The van der Waals surface area contributed by atoms with E-state index in [9.17, 15) is 9.90 Å². The number of nitrogens with two attached hydrogens (primary N) is 1. The van der Waals surface area contributed by atoms with E-state index in [1.807, 2.05) is 39.0 Å². The Balaban J connectivity index is 2.78. The molecule has 0 aliphatic carbocycles. The smallest absolute Gasteiger partial charge is 0.339 e. The number of anilines is 1. The van der Waals surface area contributed by atoms with E-state index in [-0.39, 0.29) is 5.56 Å². The number of thiophene rings is 1. The van der Waals surface area contributed by atoms with Crippen LogP contribution in [0.15, 0.2) is 18.2 Å². The lowest BCUT2D eigenvalue weighted by atomic mass is 9.95. The van der Waals surface area contributed by atoms with Gasteiger partial charge in [-0.1, -0.05) is 23.8 Å². The van der Waals surface area contributed by atoms with Gasteiger partial charge in [0.25, 0.3) is 0 Å². The number of aryl methyl sites for hydroxylation is 3. The van der Waals surface area contributed by atoms with Crippen molar-refractivity contribution < 1.29 is 9.90 Å². The van der Waals surface area contributed by atoms with Crippen LogP contribution in [0.5, 0.6) is 0 Å². The molecular weight excluding hydrogens is 246 g/mol. The van der Waals surface area contributed by atoms with Gasteiger partial charge in [0.15, 0.2) is 0 Å². The van der Waals surface area contributed by atoms with Crippen molar-refractivity contribution in [2.24, 2.45) is 0 Å². The Kier molecular flexibility index (Phi) is 3.13. The number of carbonyl (C=O) groups is 1. The normalized spacial score (nSPS) is 10.6. The Hall–Kier alpha value is -1.81. The van der Waals surface area contributed by atoms with Crippen LogP contribution in [0.2, 0.25) is 0 Å². The molecule has 1 aromatic heterocycles. The maximum Gasteiger partial charge on any atom is 0.339 e. The van der Waals surface area contributed by atoms with Crippen molar-refractivity contribution >= 4 is 22.3 Å². The summed E-state index contributed by atoms with van der Waals surface area (Å²) in [6, 6.07) is 6.03. The van der Waals surface area contributed by atoms with Crippen LogP contribution in [0.4, 0.5) is 5.00 Å². The fourth-order valence-electron chi connectivity index (χ4n) is 2.11. The lowest BCUT2D eigenvalue weighted by molar-refractivity contribution is 0.0699. The Bertz CT molecular complexity index is 629. The topological polar surface area (TPSA) is 63.3 Å². The molecule has 2 rings (SSSR count). The number of benzene rings is 1. The number of aromatic carboxylic acids is 1. The van der Waals surface area contributed by atoms with Crippen LogP contribution in [0, 0.1) is 20.8 Å². The van der Waals surface area contributed by atoms with Crippen molar-refractivity contribution in [1.29, 1.82) is 0 Å². The molecule has 3 nitrogen and oxygen atoms in total. The SMILES string of the molecule is Cc1ccc(C)c(-c2c(C)sc(N)c2C(=O)O)c1. The van der Waals surface area contributed by atoms with E-state index in [1.54, 1.807) is 0 Å². The van der Waals surface area contributed by atoms with Crippen LogP contribution in [0.25, 0.3) is 11.1 Å². The third-order valence-corrected chi connectivity index (χ3v) is 3.92. The van der Waals surface area contributed by atoms with Gasteiger partial charge in [0.05, 0.1) is 0 Å². The molecule has 0 fully saturated rings. The second-order valence-corrected chi connectivity index (χ2v) is 5.65.